The van der Waals surface area contributed by atoms with E-state index in [-0.39, 0.29) is 11.7 Å². The zero-order chi connectivity index (χ0) is 16.4. The Hall–Kier alpha value is -2.75. The van der Waals surface area contributed by atoms with Gasteiger partial charge in [-0.1, -0.05) is 30.3 Å². The molecule has 0 aliphatic heterocycles. The van der Waals surface area contributed by atoms with Crippen molar-refractivity contribution in [2.75, 3.05) is 6.54 Å². The molecule has 0 aliphatic carbocycles. The molecule has 0 saturated heterocycles. The number of phenols is 1. The highest BCUT2D eigenvalue weighted by atomic mass is 16.3. The van der Waals surface area contributed by atoms with Crippen LogP contribution in [-0.2, 0) is 13.5 Å². The lowest BCUT2D eigenvalue weighted by molar-refractivity contribution is 0.0946. The highest BCUT2D eigenvalue weighted by Gasteiger charge is 2.14. The van der Waals surface area contributed by atoms with Crippen molar-refractivity contribution < 1.29 is 9.90 Å². The van der Waals surface area contributed by atoms with Crippen LogP contribution in [-0.4, -0.2) is 22.1 Å². The van der Waals surface area contributed by atoms with Gasteiger partial charge in [-0.2, -0.15) is 0 Å². The summed E-state index contributed by atoms with van der Waals surface area (Å²) in [7, 11) is 1.83. The minimum atomic E-state index is -0.128. The van der Waals surface area contributed by atoms with Crippen LogP contribution in [0.1, 0.15) is 21.6 Å². The smallest absolute Gasteiger partial charge is 0.267 e. The Morgan fingerprint density at radius 3 is 2.70 bits per heavy atom. The lowest BCUT2D eigenvalue weighted by Crippen LogP contribution is -2.27. The van der Waals surface area contributed by atoms with E-state index >= 15 is 0 Å². The molecule has 118 valence electrons. The molecule has 0 spiro atoms. The molecule has 1 heterocycles. The summed E-state index contributed by atoms with van der Waals surface area (Å²) in [6, 6.07) is 15.2. The summed E-state index contributed by atoms with van der Waals surface area (Å²) in [6.07, 6.45) is 0.799. The molecule has 0 fully saturated rings. The zero-order valence-corrected chi connectivity index (χ0v) is 13.3. The number of carbonyl (C=O) groups excluding carboxylic acids is 1. The van der Waals surface area contributed by atoms with Gasteiger partial charge in [-0.25, -0.2) is 0 Å². The molecule has 0 radical (unpaired) electrons. The van der Waals surface area contributed by atoms with Gasteiger partial charge >= 0.3 is 0 Å². The van der Waals surface area contributed by atoms with Crippen molar-refractivity contribution in [3.8, 4) is 5.75 Å². The molecule has 2 aromatic carbocycles. The van der Waals surface area contributed by atoms with Crippen molar-refractivity contribution in [2.45, 2.75) is 13.3 Å². The third kappa shape index (κ3) is 2.93. The van der Waals surface area contributed by atoms with Gasteiger partial charge in [0.15, 0.2) is 0 Å². The number of rotatable bonds is 4. The molecular formula is C19H20N2O2. The fourth-order valence-corrected chi connectivity index (χ4v) is 2.85. The number of fused-ring (bicyclic) bond motifs is 1. The van der Waals surface area contributed by atoms with Crippen LogP contribution in [0.2, 0.25) is 0 Å². The number of aromatic hydroxyl groups is 1. The standard InChI is InChI=1S/C19H20N2O2/c1-13-6-3-4-7-14(13)10-11-20-19(23)17-12-15-16(21(17)2)8-5-9-18(15)22/h3-9,12,22H,10-11H2,1-2H3,(H,20,23). The molecule has 0 unspecified atom stereocenters. The van der Waals surface area contributed by atoms with Gasteiger partial charge in [0.2, 0.25) is 0 Å². The first kappa shape index (κ1) is 15.2. The minimum absolute atomic E-state index is 0.128. The third-order valence-electron chi connectivity index (χ3n) is 4.24. The van der Waals surface area contributed by atoms with Gasteiger partial charge in [0.05, 0.1) is 5.52 Å². The molecule has 0 bridgehead atoms. The van der Waals surface area contributed by atoms with E-state index in [1.54, 1.807) is 22.8 Å². The normalized spacial score (nSPS) is 10.9. The molecule has 0 atom stereocenters. The van der Waals surface area contributed by atoms with Crippen LogP contribution in [0, 0.1) is 6.92 Å². The van der Waals surface area contributed by atoms with Crippen LogP contribution < -0.4 is 5.32 Å². The average molecular weight is 308 g/mol. The number of amides is 1. The highest BCUT2D eigenvalue weighted by molar-refractivity contribution is 6.00. The van der Waals surface area contributed by atoms with Crippen molar-refractivity contribution in [1.82, 2.24) is 9.88 Å². The summed E-state index contributed by atoms with van der Waals surface area (Å²) >= 11 is 0. The molecule has 2 N–H and O–H groups in total. The molecule has 4 nitrogen and oxygen atoms in total. The number of nitrogens with one attached hydrogen (secondary N) is 1. The number of hydrogen-bond donors (Lipinski definition) is 2. The number of nitrogens with zero attached hydrogens (tertiary/aromatic N) is 1. The third-order valence-corrected chi connectivity index (χ3v) is 4.24. The van der Waals surface area contributed by atoms with Gasteiger partial charge < -0.3 is 15.0 Å². The summed E-state index contributed by atoms with van der Waals surface area (Å²) < 4.78 is 1.80. The Morgan fingerprint density at radius 2 is 1.96 bits per heavy atom. The van der Waals surface area contributed by atoms with E-state index in [4.69, 9.17) is 0 Å². The molecule has 1 amide bonds. The number of carbonyl (C=O) groups is 1. The van der Waals surface area contributed by atoms with Crippen molar-refractivity contribution in [1.29, 1.82) is 0 Å². The number of aromatic nitrogens is 1. The van der Waals surface area contributed by atoms with Crippen LogP contribution >= 0.6 is 0 Å². The first-order valence-electron chi connectivity index (χ1n) is 7.68. The van der Waals surface area contributed by atoms with Crippen LogP contribution in [0.15, 0.2) is 48.5 Å². The number of aryl methyl sites for hydroxylation is 2. The summed E-state index contributed by atoms with van der Waals surface area (Å²) in [6.45, 7) is 2.65. The Kier molecular flexibility index (Phi) is 4.06. The molecule has 1 aromatic heterocycles. The maximum absolute atomic E-state index is 12.4. The summed E-state index contributed by atoms with van der Waals surface area (Å²) in [5.41, 5.74) is 3.86. The number of phenolic OH excluding ortho intramolecular Hbond substituents is 1. The van der Waals surface area contributed by atoms with E-state index in [1.165, 1.54) is 11.1 Å². The molecule has 3 aromatic rings. The van der Waals surface area contributed by atoms with Crippen molar-refractivity contribution in [2.24, 2.45) is 7.05 Å². The molecule has 0 saturated carbocycles. The van der Waals surface area contributed by atoms with Gasteiger partial charge in [-0.3, -0.25) is 4.79 Å². The van der Waals surface area contributed by atoms with Crippen molar-refractivity contribution in [3.05, 3.63) is 65.4 Å². The maximum atomic E-state index is 12.4. The minimum Gasteiger partial charge on any atom is -0.507 e. The predicted molar refractivity (Wildman–Crippen MR) is 91.8 cm³/mol. The molecule has 4 heteroatoms. The Morgan fingerprint density at radius 1 is 1.17 bits per heavy atom. The largest absolute Gasteiger partial charge is 0.507 e. The maximum Gasteiger partial charge on any atom is 0.267 e. The fraction of sp³-hybridized carbons (Fsp3) is 0.211. The summed E-state index contributed by atoms with van der Waals surface area (Å²) in [5.74, 6) is 0.0637. The summed E-state index contributed by atoms with van der Waals surface area (Å²) in [4.78, 5) is 12.4. The molecule has 3 rings (SSSR count). The second-order valence-electron chi connectivity index (χ2n) is 5.73. The highest BCUT2D eigenvalue weighted by Crippen LogP contribution is 2.27. The van der Waals surface area contributed by atoms with E-state index in [0.717, 1.165) is 11.9 Å². The van der Waals surface area contributed by atoms with Gasteiger partial charge in [-0.05, 0) is 42.7 Å². The van der Waals surface area contributed by atoms with Gasteiger partial charge in [0, 0.05) is 19.0 Å². The SMILES string of the molecule is Cc1ccccc1CCNC(=O)c1cc2c(O)cccc2n1C. The van der Waals surface area contributed by atoms with Gasteiger partial charge in [-0.15, -0.1) is 0 Å². The number of benzene rings is 2. The molecule has 23 heavy (non-hydrogen) atoms. The number of hydrogen-bond acceptors (Lipinski definition) is 2. The van der Waals surface area contributed by atoms with E-state index < -0.39 is 0 Å². The lowest BCUT2D eigenvalue weighted by atomic mass is 10.1. The zero-order valence-electron chi connectivity index (χ0n) is 13.3. The van der Waals surface area contributed by atoms with Crippen molar-refractivity contribution in [3.63, 3.8) is 0 Å². The van der Waals surface area contributed by atoms with Crippen molar-refractivity contribution >= 4 is 16.8 Å². The first-order chi connectivity index (χ1) is 11.1. The van der Waals surface area contributed by atoms with Crippen LogP contribution in [0.5, 0.6) is 5.75 Å². The second kappa shape index (κ2) is 6.16. The lowest BCUT2D eigenvalue weighted by Gasteiger charge is -2.08. The molecule has 0 aliphatic rings. The van der Waals surface area contributed by atoms with E-state index in [9.17, 15) is 9.90 Å². The van der Waals surface area contributed by atoms with Crippen LogP contribution in [0.4, 0.5) is 0 Å². The fourth-order valence-electron chi connectivity index (χ4n) is 2.85. The summed E-state index contributed by atoms with van der Waals surface area (Å²) in [5, 5.41) is 13.5. The second-order valence-corrected chi connectivity index (χ2v) is 5.73. The van der Waals surface area contributed by atoms with Gasteiger partial charge in [0.25, 0.3) is 5.91 Å². The topological polar surface area (TPSA) is 54.3 Å². The van der Waals surface area contributed by atoms with Gasteiger partial charge in [0.1, 0.15) is 11.4 Å². The quantitative estimate of drug-likeness (QED) is 0.778. The van der Waals surface area contributed by atoms with E-state index in [0.29, 0.717) is 17.6 Å². The Labute approximate surface area is 135 Å². The van der Waals surface area contributed by atoms with E-state index in [1.807, 2.05) is 25.2 Å². The monoisotopic (exact) mass is 308 g/mol. The molecular weight excluding hydrogens is 288 g/mol. The Balaban J connectivity index is 1.73. The predicted octanol–water partition coefficient (Wildman–Crippen LogP) is 3.16. The van der Waals surface area contributed by atoms with E-state index in [2.05, 4.69) is 24.4 Å². The Bertz CT molecular complexity index is 865. The van der Waals surface area contributed by atoms with Crippen LogP contribution in [0.3, 0.4) is 0 Å². The average Bonchev–Trinajstić information content (AvgIpc) is 2.88. The van der Waals surface area contributed by atoms with Crippen LogP contribution in [0.25, 0.3) is 10.9 Å². The first-order valence-corrected chi connectivity index (χ1v) is 7.68.